The van der Waals surface area contributed by atoms with Gasteiger partial charge in [0.2, 0.25) is 0 Å². The van der Waals surface area contributed by atoms with Crippen molar-refractivity contribution in [2.45, 2.75) is 41.0 Å². The van der Waals surface area contributed by atoms with Crippen LogP contribution in [0.5, 0.6) is 0 Å². The highest BCUT2D eigenvalue weighted by Crippen LogP contribution is 2.34. The van der Waals surface area contributed by atoms with E-state index in [1.165, 1.54) is 0 Å². The zero-order chi connectivity index (χ0) is 12.9. The number of hydrogen-bond acceptors (Lipinski definition) is 3. The largest absolute Gasteiger partial charge is 0.396 e. The Morgan fingerprint density at radius 2 is 1.56 bits per heavy atom. The minimum Gasteiger partial charge on any atom is -0.396 e. The van der Waals surface area contributed by atoms with Crippen LogP contribution in [-0.4, -0.2) is 29.2 Å². The van der Waals surface area contributed by atoms with E-state index in [2.05, 4.69) is 20.8 Å². The Morgan fingerprint density at radius 3 is 1.81 bits per heavy atom. The first kappa shape index (κ1) is 15.6. The summed E-state index contributed by atoms with van der Waals surface area (Å²) in [7, 11) is 0. The molecule has 3 heteroatoms. The minimum atomic E-state index is -0.309. The van der Waals surface area contributed by atoms with Crippen LogP contribution in [0.1, 0.15) is 41.0 Å². The first-order chi connectivity index (χ1) is 7.23. The van der Waals surface area contributed by atoms with Gasteiger partial charge >= 0.3 is 0 Å². The molecule has 0 amide bonds. The predicted molar refractivity (Wildman–Crippen MR) is 65.1 cm³/mol. The van der Waals surface area contributed by atoms with E-state index in [1.54, 1.807) is 0 Å². The van der Waals surface area contributed by atoms with E-state index in [1.807, 2.05) is 13.8 Å². The second kappa shape index (κ2) is 6.36. The van der Waals surface area contributed by atoms with Crippen molar-refractivity contribution in [3.63, 3.8) is 0 Å². The van der Waals surface area contributed by atoms with Crippen LogP contribution in [0.4, 0.5) is 0 Å². The van der Waals surface area contributed by atoms with Crippen molar-refractivity contribution in [1.29, 1.82) is 0 Å². The van der Waals surface area contributed by atoms with E-state index < -0.39 is 0 Å². The van der Waals surface area contributed by atoms with Gasteiger partial charge in [-0.25, -0.2) is 0 Å². The lowest BCUT2D eigenvalue weighted by Crippen LogP contribution is -2.34. The molecule has 0 heterocycles. The molecule has 0 spiro atoms. The summed E-state index contributed by atoms with van der Waals surface area (Å²) in [5, 5.41) is 18.0. The lowest BCUT2D eigenvalue weighted by atomic mass is 9.70. The second-order valence-electron chi connectivity index (χ2n) is 5.99. The van der Waals surface area contributed by atoms with Crippen molar-refractivity contribution in [3.05, 3.63) is 0 Å². The van der Waals surface area contributed by atoms with Crippen LogP contribution in [0.2, 0.25) is 0 Å². The molecule has 0 aliphatic heterocycles. The van der Waals surface area contributed by atoms with Crippen molar-refractivity contribution in [1.82, 2.24) is 0 Å². The molecule has 0 rings (SSSR count). The van der Waals surface area contributed by atoms with Gasteiger partial charge in [-0.2, -0.15) is 0 Å². The number of Topliss-reactive ketones (excluding diaryl/α,β-unsaturated/α-hetero) is 1. The fraction of sp³-hybridized carbons (Fsp3) is 0.923. The molecule has 0 fully saturated rings. The average Bonchev–Trinajstić information content (AvgIpc) is 2.10. The first-order valence-corrected chi connectivity index (χ1v) is 5.98. The fourth-order valence-corrected chi connectivity index (χ4v) is 2.45. The van der Waals surface area contributed by atoms with Gasteiger partial charge in [-0.05, 0) is 11.3 Å². The van der Waals surface area contributed by atoms with E-state index in [4.69, 9.17) is 10.2 Å². The Hall–Kier alpha value is -0.410. The topological polar surface area (TPSA) is 57.5 Å². The van der Waals surface area contributed by atoms with E-state index in [9.17, 15) is 4.79 Å². The summed E-state index contributed by atoms with van der Waals surface area (Å²) in [5.41, 5.74) is -0.0687. The summed E-state index contributed by atoms with van der Waals surface area (Å²) in [4.78, 5) is 12.1. The number of rotatable bonds is 6. The van der Waals surface area contributed by atoms with Gasteiger partial charge in [0.15, 0.2) is 0 Å². The Balaban J connectivity index is 4.64. The molecule has 0 unspecified atom stereocenters. The van der Waals surface area contributed by atoms with Gasteiger partial charge in [0.25, 0.3) is 0 Å². The van der Waals surface area contributed by atoms with Gasteiger partial charge < -0.3 is 10.2 Å². The number of carbonyl (C=O) groups excluding carboxylic acids is 1. The summed E-state index contributed by atoms with van der Waals surface area (Å²) < 4.78 is 0. The molecule has 3 nitrogen and oxygen atoms in total. The standard InChI is InChI=1S/C13H26O3/c1-9(2)12(13(3,4)5)11(16)6-10(7-14)8-15/h9-10,12,14-15H,6-8H2,1-5H3/t12-/m1/s1. The molecular formula is C13H26O3. The van der Waals surface area contributed by atoms with E-state index >= 15 is 0 Å². The molecule has 0 aliphatic carbocycles. The Bertz CT molecular complexity index is 212. The Labute approximate surface area is 98.9 Å². The molecule has 2 N–H and O–H groups in total. The third kappa shape index (κ3) is 4.62. The van der Waals surface area contributed by atoms with Crippen molar-refractivity contribution in [2.75, 3.05) is 13.2 Å². The van der Waals surface area contributed by atoms with Crippen molar-refractivity contribution < 1.29 is 15.0 Å². The summed E-state index contributed by atoms with van der Waals surface area (Å²) in [5.74, 6) is 0.102. The van der Waals surface area contributed by atoms with Gasteiger partial charge in [-0.1, -0.05) is 34.6 Å². The molecule has 0 saturated heterocycles. The molecular weight excluding hydrogens is 204 g/mol. The molecule has 0 bridgehead atoms. The van der Waals surface area contributed by atoms with Crippen LogP contribution >= 0.6 is 0 Å². The normalized spacial score (nSPS) is 14.6. The molecule has 1 atom stereocenters. The number of aliphatic hydroxyl groups is 2. The molecule has 0 aromatic heterocycles. The first-order valence-electron chi connectivity index (χ1n) is 5.98. The summed E-state index contributed by atoms with van der Waals surface area (Å²) in [6.45, 7) is 10.0. The van der Waals surface area contributed by atoms with Crippen LogP contribution < -0.4 is 0 Å². The zero-order valence-electron chi connectivity index (χ0n) is 11.2. The number of ketones is 1. The van der Waals surface area contributed by atoms with Crippen LogP contribution in [0.25, 0.3) is 0 Å². The second-order valence-corrected chi connectivity index (χ2v) is 5.99. The third-order valence-corrected chi connectivity index (χ3v) is 2.95. The molecule has 0 aromatic carbocycles. The maximum Gasteiger partial charge on any atom is 0.137 e. The molecule has 0 aliphatic rings. The Morgan fingerprint density at radius 1 is 1.12 bits per heavy atom. The van der Waals surface area contributed by atoms with Gasteiger partial charge in [0.05, 0.1) is 0 Å². The highest BCUT2D eigenvalue weighted by molar-refractivity contribution is 5.82. The predicted octanol–water partition coefficient (Wildman–Crippen LogP) is 1.86. The summed E-state index contributed by atoms with van der Waals surface area (Å²) >= 11 is 0. The number of carbonyl (C=O) groups is 1. The molecule has 96 valence electrons. The lowest BCUT2D eigenvalue weighted by Gasteiger charge is -2.33. The van der Waals surface area contributed by atoms with Gasteiger partial charge in [0.1, 0.15) is 5.78 Å². The van der Waals surface area contributed by atoms with Gasteiger partial charge in [-0.3, -0.25) is 4.79 Å². The van der Waals surface area contributed by atoms with Crippen LogP contribution in [0.15, 0.2) is 0 Å². The van der Waals surface area contributed by atoms with Crippen molar-refractivity contribution in [3.8, 4) is 0 Å². The van der Waals surface area contributed by atoms with E-state index in [-0.39, 0.29) is 48.6 Å². The minimum absolute atomic E-state index is 0.0203. The fourth-order valence-electron chi connectivity index (χ4n) is 2.45. The molecule has 16 heavy (non-hydrogen) atoms. The van der Waals surface area contributed by atoms with Crippen LogP contribution in [-0.2, 0) is 4.79 Å². The quantitative estimate of drug-likeness (QED) is 0.732. The van der Waals surface area contributed by atoms with Crippen molar-refractivity contribution in [2.24, 2.45) is 23.2 Å². The SMILES string of the molecule is CC(C)[C@H](C(=O)CC(CO)CO)C(C)(C)C. The lowest BCUT2D eigenvalue weighted by molar-refractivity contribution is -0.129. The smallest absolute Gasteiger partial charge is 0.137 e. The highest BCUT2D eigenvalue weighted by Gasteiger charge is 2.34. The molecule has 0 radical (unpaired) electrons. The maximum absolute atomic E-state index is 12.1. The van der Waals surface area contributed by atoms with Gasteiger partial charge in [0, 0.05) is 31.5 Å². The highest BCUT2D eigenvalue weighted by atomic mass is 16.3. The van der Waals surface area contributed by atoms with Gasteiger partial charge in [-0.15, -0.1) is 0 Å². The zero-order valence-corrected chi connectivity index (χ0v) is 11.2. The average molecular weight is 230 g/mol. The maximum atomic E-state index is 12.1. The number of hydrogen-bond donors (Lipinski definition) is 2. The summed E-state index contributed by atoms with van der Waals surface area (Å²) in [6, 6.07) is 0. The molecule has 0 aromatic rings. The van der Waals surface area contributed by atoms with E-state index in [0.717, 1.165) is 0 Å². The van der Waals surface area contributed by atoms with Crippen molar-refractivity contribution >= 4 is 5.78 Å². The van der Waals surface area contributed by atoms with Crippen LogP contribution in [0, 0.1) is 23.2 Å². The number of aliphatic hydroxyl groups excluding tert-OH is 2. The van der Waals surface area contributed by atoms with E-state index in [0.29, 0.717) is 0 Å². The van der Waals surface area contributed by atoms with Crippen LogP contribution in [0.3, 0.4) is 0 Å². The Kier molecular flexibility index (Phi) is 6.19. The monoisotopic (exact) mass is 230 g/mol. The third-order valence-electron chi connectivity index (χ3n) is 2.95. The molecule has 0 saturated carbocycles. The summed E-state index contributed by atoms with van der Waals surface area (Å²) in [6.07, 6.45) is 0.271.